The Morgan fingerprint density at radius 1 is 1.42 bits per heavy atom. The van der Waals surface area contributed by atoms with Crippen LogP contribution in [0.1, 0.15) is 12.8 Å². The zero-order valence-corrected chi connectivity index (χ0v) is 11.6. The Bertz CT molecular complexity index is 568. The van der Waals surface area contributed by atoms with E-state index in [9.17, 15) is 13.5 Å². The lowest BCUT2D eigenvalue weighted by molar-refractivity contribution is 0.0465. The van der Waals surface area contributed by atoms with Gasteiger partial charge in [0, 0.05) is 13.6 Å². The van der Waals surface area contributed by atoms with Crippen molar-refractivity contribution in [1.82, 2.24) is 0 Å². The Morgan fingerprint density at radius 3 is 2.53 bits per heavy atom. The number of nitrogens with zero attached hydrogens (tertiary/aromatic N) is 1. The van der Waals surface area contributed by atoms with Crippen LogP contribution in [0.2, 0.25) is 0 Å². The monoisotopic (exact) mass is 285 g/mol. The predicted molar refractivity (Wildman–Crippen MR) is 74.2 cm³/mol. The minimum Gasteiger partial charge on any atom is -0.397 e. The van der Waals surface area contributed by atoms with Crippen LogP contribution in [0.5, 0.6) is 0 Å². The molecule has 1 fully saturated rings. The van der Waals surface area contributed by atoms with Crippen molar-refractivity contribution in [3.05, 3.63) is 18.2 Å². The Morgan fingerprint density at radius 2 is 2.05 bits per heavy atom. The lowest BCUT2D eigenvalue weighted by Gasteiger charge is -2.35. The van der Waals surface area contributed by atoms with Gasteiger partial charge in [-0.1, -0.05) is 0 Å². The third-order valence-corrected chi connectivity index (χ3v) is 4.39. The van der Waals surface area contributed by atoms with Gasteiger partial charge in [0.15, 0.2) is 0 Å². The molecule has 0 atom stereocenters. The maximum Gasteiger partial charge on any atom is 0.238 e. The first-order valence-electron chi connectivity index (χ1n) is 6.09. The van der Waals surface area contributed by atoms with Crippen molar-refractivity contribution in [3.8, 4) is 0 Å². The van der Waals surface area contributed by atoms with Gasteiger partial charge in [-0.25, -0.2) is 13.6 Å². The first-order valence-corrected chi connectivity index (χ1v) is 7.63. The average Bonchev–Trinajstić information content (AvgIpc) is 2.25. The van der Waals surface area contributed by atoms with Crippen LogP contribution in [0.25, 0.3) is 0 Å². The second-order valence-corrected chi connectivity index (χ2v) is 6.70. The fraction of sp³-hybridized carbons (Fsp3) is 0.500. The first-order chi connectivity index (χ1) is 8.77. The third kappa shape index (κ3) is 3.17. The summed E-state index contributed by atoms with van der Waals surface area (Å²) in [6, 6.07) is 4.48. The van der Waals surface area contributed by atoms with E-state index in [2.05, 4.69) is 0 Å². The van der Waals surface area contributed by atoms with E-state index >= 15 is 0 Å². The Balaban J connectivity index is 2.12. The number of hydrogen-bond acceptors (Lipinski definition) is 5. The number of sulfonamides is 1. The van der Waals surface area contributed by atoms with Gasteiger partial charge in [0.05, 0.1) is 22.4 Å². The molecule has 1 aliphatic carbocycles. The second-order valence-electron chi connectivity index (χ2n) is 5.14. The van der Waals surface area contributed by atoms with Gasteiger partial charge in [0.2, 0.25) is 10.0 Å². The van der Waals surface area contributed by atoms with E-state index in [0.717, 1.165) is 25.1 Å². The molecular formula is C12H19N3O3S. The van der Waals surface area contributed by atoms with Crippen LogP contribution in [-0.2, 0) is 10.0 Å². The van der Waals surface area contributed by atoms with Crippen molar-refractivity contribution < 1.29 is 13.5 Å². The lowest BCUT2D eigenvalue weighted by atomic mass is 9.82. The summed E-state index contributed by atoms with van der Waals surface area (Å²) < 4.78 is 22.4. The molecule has 19 heavy (non-hydrogen) atoms. The van der Waals surface area contributed by atoms with E-state index < -0.39 is 10.0 Å². The van der Waals surface area contributed by atoms with Crippen molar-refractivity contribution in [3.63, 3.8) is 0 Å². The molecule has 106 valence electrons. The number of nitrogen functional groups attached to an aromatic ring is 1. The molecule has 1 saturated carbocycles. The van der Waals surface area contributed by atoms with Crippen molar-refractivity contribution in [2.24, 2.45) is 11.1 Å². The van der Waals surface area contributed by atoms with Crippen LogP contribution in [0, 0.1) is 5.92 Å². The van der Waals surface area contributed by atoms with Crippen molar-refractivity contribution in [1.29, 1.82) is 0 Å². The third-order valence-electron chi connectivity index (χ3n) is 3.48. The van der Waals surface area contributed by atoms with E-state index in [1.807, 2.05) is 11.9 Å². The summed E-state index contributed by atoms with van der Waals surface area (Å²) in [5, 5.41) is 14.3. The van der Waals surface area contributed by atoms with Gasteiger partial charge in [0.1, 0.15) is 0 Å². The normalized spacial score (nSPS) is 22.9. The topological polar surface area (TPSA) is 110 Å². The molecular weight excluding hydrogens is 266 g/mol. The number of primary sulfonamides is 1. The van der Waals surface area contributed by atoms with Crippen LogP contribution < -0.4 is 15.8 Å². The molecule has 0 bridgehead atoms. The van der Waals surface area contributed by atoms with Crippen LogP contribution >= 0.6 is 0 Å². The number of benzene rings is 1. The molecule has 7 heteroatoms. The Hall–Kier alpha value is -1.31. The molecule has 0 unspecified atom stereocenters. The number of nitrogens with two attached hydrogens (primary N) is 2. The summed E-state index contributed by atoms with van der Waals surface area (Å²) in [5.41, 5.74) is 7.03. The van der Waals surface area contributed by atoms with Crippen molar-refractivity contribution in [2.75, 3.05) is 24.2 Å². The largest absolute Gasteiger partial charge is 0.397 e. The van der Waals surface area contributed by atoms with Gasteiger partial charge in [-0.2, -0.15) is 0 Å². The second kappa shape index (κ2) is 4.99. The summed E-state index contributed by atoms with van der Waals surface area (Å²) in [6.45, 7) is 0.788. The molecule has 0 aromatic heterocycles. The summed E-state index contributed by atoms with van der Waals surface area (Å²) in [5.74, 6) is 0.456. The highest BCUT2D eigenvalue weighted by Crippen LogP contribution is 2.31. The van der Waals surface area contributed by atoms with Crippen LogP contribution in [0.4, 0.5) is 11.4 Å². The maximum absolute atomic E-state index is 11.2. The van der Waals surface area contributed by atoms with Gasteiger partial charge in [-0.3, -0.25) is 0 Å². The average molecular weight is 285 g/mol. The molecule has 1 aliphatic rings. The molecule has 1 aromatic rings. The highest BCUT2D eigenvalue weighted by molar-refractivity contribution is 7.89. The van der Waals surface area contributed by atoms with Gasteiger partial charge in [-0.15, -0.1) is 0 Å². The van der Waals surface area contributed by atoms with E-state index in [0.29, 0.717) is 11.6 Å². The quantitative estimate of drug-likeness (QED) is 0.681. The molecule has 0 spiro atoms. The number of aliphatic hydroxyl groups excluding tert-OH is 1. The van der Waals surface area contributed by atoms with Gasteiger partial charge in [0.25, 0.3) is 0 Å². The van der Waals surface area contributed by atoms with E-state index in [-0.39, 0.29) is 11.0 Å². The number of anilines is 2. The molecule has 0 aliphatic heterocycles. The summed E-state index contributed by atoms with van der Waals surface area (Å²) in [6.07, 6.45) is 1.43. The molecule has 0 amide bonds. The van der Waals surface area contributed by atoms with Crippen molar-refractivity contribution >= 4 is 21.4 Å². The fourth-order valence-electron chi connectivity index (χ4n) is 2.39. The maximum atomic E-state index is 11.2. The van der Waals surface area contributed by atoms with Crippen LogP contribution in [0.15, 0.2) is 23.1 Å². The standard InChI is InChI=1S/C12H19N3O3S/c1-15(7-8-4-9(16)5-8)12-3-2-10(6-11(12)13)19(14,17)18/h2-3,6,8-9,16H,4-5,7,13H2,1H3,(H2,14,17,18). The van der Waals surface area contributed by atoms with Crippen LogP contribution in [0.3, 0.4) is 0 Å². The van der Waals surface area contributed by atoms with Gasteiger partial charge in [-0.05, 0) is 37.0 Å². The molecule has 0 radical (unpaired) electrons. The zero-order chi connectivity index (χ0) is 14.2. The van der Waals surface area contributed by atoms with E-state index in [1.165, 1.54) is 12.1 Å². The molecule has 0 heterocycles. The molecule has 0 saturated heterocycles. The molecule has 5 N–H and O–H groups in total. The highest BCUT2D eigenvalue weighted by Gasteiger charge is 2.28. The fourth-order valence-corrected chi connectivity index (χ4v) is 2.94. The number of aliphatic hydroxyl groups is 1. The SMILES string of the molecule is CN(CC1CC(O)C1)c1ccc(S(N)(=O)=O)cc1N. The Labute approximate surface area is 113 Å². The number of hydrogen-bond donors (Lipinski definition) is 3. The lowest BCUT2D eigenvalue weighted by Crippen LogP contribution is -2.37. The van der Waals surface area contributed by atoms with Gasteiger partial charge < -0.3 is 15.7 Å². The summed E-state index contributed by atoms with van der Waals surface area (Å²) >= 11 is 0. The zero-order valence-electron chi connectivity index (χ0n) is 10.8. The predicted octanol–water partition coefficient (Wildman–Crippen LogP) is 0.123. The Kier molecular flexibility index (Phi) is 3.71. The highest BCUT2D eigenvalue weighted by atomic mass is 32.2. The minimum absolute atomic E-state index is 0.0150. The first kappa shape index (κ1) is 14.1. The molecule has 1 aromatic carbocycles. The van der Waals surface area contributed by atoms with E-state index in [4.69, 9.17) is 10.9 Å². The van der Waals surface area contributed by atoms with Gasteiger partial charge >= 0.3 is 0 Å². The van der Waals surface area contributed by atoms with Crippen LogP contribution in [-0.4, -0.2) is 33.2 Å². The molecule has 2 rings (SSSR count). The smallest absolute Gasteiger partial charge is 0.238 e. The summed E-state index contributed by atoms with van der Waals surface area (Å²) in [7, 11) is -1.83. The minimum atomic E-state index is -3.72. The van der Waals surface area contributed by atoms with Crippen molar-refractivity contribution in [2.45, 2.75) is 23.8 Å². The number of rotatable bonds is 4. The molecule has 6 nitrogen and oxygen atoms in total. The van der Waals surface area contributed by atoms with E-state index in [1.54, 1.807) is 6.07 Å². The summed E-state index contributed by atoms with van der Waals surface area (Å²) in [4.78, 5) is 1.99.